The first-order chi connectivity index (χ1) is 62.3. The summed E-state index contributed by atoms with van der Waals surface area (Å²) in [6.07, 6.45) is 18.7. The molecule has 0 bridgehead atoms. The maximum atomic E-state index is 13.2. The zero-order valence-corrected chi connectivity index (χ0v) is 72.9. The van der Waals surface area contributed by atoms with E-state index in [-0.39, 0.29) is 97.3 Å². The van der Waals surface area contributed by atoms with Crippen molar-refractivity contribution in [2.24, 2.45) is 0 Å². The Morgan fingerprint density at radius 1 is 0.419 bits per heavy atom. The summed E-state index contributed by atoms with van der Waals surface area (Å²) in [6, 6.07) is 15.8. The van der Waals surface area contributed by atoms with E-state index < -0.39 is 54.4 Å². The van der Waals surface area contributed by atoms with Crippen LogP contribution in [0.2, 0.25) is 10.0 Å². The number of amides is 4. The molecule has 0 unspecified atom stereocenters. The standard InChI is InChI=1S/C21H24FN7O3.C21H25N7O3.2C20H18ClFN8O2S/c1-23-18-10-17(25-15-3-2-6-28(21(15)31)12-4-7-32-8-5-12)27-19-13(11-24-29(18)19)20(30)26-16-9-14(16)22;1-22-18-11-17(26-19-15(12-23-28(18)19)20(29)24-13-4-5-13)25-16-3-2-8-27(21(16)30)14-6-9-31-10-7-14;2*1-9-6-24-20(33-9)29-8-10(21)3-14(19(29)32)26-15-5-16(23-2)30-17(28-15)11(7-25-30)18(31)27-13-4-12(13)22/h2-3,6,10-12,14,16,23H,4-5,7-9H2,1H3,(H,25,27)(H,26,30);2-3,8,11-14,22H,4-7,9-10H2,1H3,(H,24,29)(H,25,26);2*3,5-8,12-13,23H,4H2,1-2H3,(H,26,28)(H,27,31)/t14-,16+;;2*12-,13+/m1.11/s1. The molecule has 12 N–H and O–H groups in total. The van der Waals surface area contributed by atoms with Crippen molar-refractivity contribution in [2.45, 2.75) is 126 Å². The number of nitrogens with zero attached hydrogens (tertiary/aromatic N) is 18. The van der Waals surface area contributed by atoms with Gasteiger partial charge in [0.05, 0.1) is 53.0 Å². The lowest BCUT2D eigenvalue weighted by molar-refractivity contribution is 0.0686. The first-order valence-corrected chi connectivity index (χ1v) is 43.5. The molecule has 2 saturated heterocycles. The van der Waals surface area contributed by atoms with Crippen LogP contribution < -0.4 is 86.0 Å². The molecule has 14 aromatic heterocycles. The quantitative estimate of drug-likeness (QED) is 0.0268. The van der Waals surface area contributed by atoms with Crippen LogP contribution in [0.1, 0.15) is 121 Å². The van der Waals surface area contributed by atoms with Gasteiger partial charge >= 0.3 is 0 Å². The van der Waals surface area contributed by atoms with Crippen LogP contribution in [-0.2, 0) is 9.47 Å². The first kappa shape index (κ1) is 87.2. The second kappa shape index (κ2) is 37.2. The molecule has 0 radical (unpaired) electrons. The Morgan fingerprint density at radius 3 is 1.00 bits per heavy atom. The molecule has 47 heteroatoms. The molecule has 4 saturated carbocycles. The number of hydrogen-bond acceptors (Lipinski definition) is 30. The molecule has 0 spiro atoms. The molecule has 40 nitrogen and oxygen atoms in total. The Labute approximate surface area is 746 Å². The molecule has 6 aliphatic rings. The smallest absolute Gasteiger partial charge is 0.280 e. The fraction of sp³-hybridized carbons (Fsp3) is 0.341. The van der Waals surface area contributed by atoms with Gasteiger partial charge in [-0.1, -0.05) is 23.2 Å². The molecule has 2 aliphatic heterocycles. The fourth-order valence-electron chi connectivity index (χ4n) is 14.4. The number of rotatable bonds is 24. The van der Waals surface area contributed by atoms with Crippen LogP contribution in [0.25, 0.3) is 32.9 Å². The van der Waals surface area contributed by atoms with Gasteiger partial charge < -0.3 is 82.4 Å². The summed E-state index contributed by atoms with van der Waals surface area (Å²) in [6.45, 7) is 6.37. The highest BCUT2D eigenvalue weighted by Crippen LogP contribution is 2.34. The summed E-state index contributed by atoms with van der Waals surface area (Å²) < 4.78 is 62.7. The number of anilines is 12. The number of hydrogen-bond donors (Lipinski definition) is 12. The molecule has 4 amide bonds. The minimum atomic E-state index is -1.03. The molecule has 6 fully saturated rings. The minimum absolute atomic E-state index is 0.0909. The average molecular weight is 1840 g/mol. The van der Waals surface area contributed by atoms with Crippen LogP contribution in [0, 0.1) is 13.8 Å². The Bertz CT molecular complexity index is 6690. The third kappa shape index (κ3) is 19.2. The SMILES string of the molecule is CNc1cc(Nc2cc(Cl)cn(-c3ncc(C)s3)c2=O)nc2c(C(=O)N[C@H]3C[C@H]3F)cnn12.CNc1cc(Nc2cc(Cl)cn(-c3ncc(C)s3)c2=O)nc2c(C(=O)N[C@H]3C[C@H]3F)cnn12.CNc1cc(Nc2cccn(C3CCOCC3)c2=O)nc2c(C(=O)NC3CC3)cnn12.CNc1cc(Nc2cccn(C3CCOCC3)c2=O)nc2c(C(=O)N[C@H]3C[C@H]3F)cnn12. The number of halogens is 5. The topological polar surface area (TPSA) is 466 Å². The molecule has 14 aromatic rings. The van der Waals surface area contributed by atoms with Crippen molar-refractivity contribution in [3.05, 3.63) is 206 Å². The van der Waals surface area contributed by atoms with Crippen LogP contribution in [0.4, 0.5) is 82.5 Å². The Hall–Kier alpha value is -13.9. The Kier molecular flexibility index (Phi) is 25.1. The number of nitrogens with one attached hydrogen (secondary N) is 12. The summed E-state index contributed by atoms with van der Waals surface area (Å²) in [5, 5.41) is 53.7. The van der Waals surface area contributed by atoms with E-state index in [1.165, 1.54) is 94.7 Å². The van der Waals surface area contributed by atoms with Crippen molar-refractivity contribution in [1.29, 1.82) is 0 Å². The summed E-state index contributed by atoms with van der Waals surface area (Å²) in [4.78, 5) is 131. The lowest BCUT2D eigenvalue weighted by Crippen LogP contribution is -2.29. The predicted octanol–water partition coefficient (Wildman–Crippen LogP) is 9.64. The largest absolute Gasteiger partial charge is 0.381 e. The number of fused-ring (bicyclic) bond motifs is 4. The van der Waals surface area contributed by atoms with Gasteiger partial charge in [0.15, 0.2) is 32.9 Å². The van der Waals surface area contributed by atoms with Crippen molar-refractivity contribution >= 4 is 161 Å². The normalized spacial score (nSPS) is 18.0. The van der Waals surface area contributed by atoms with Crippen molar-refractivity contribution in [1.82, 2.24) is 108 Å². The van der Waals surface area contributed by atoms with Crippen LogP contribution in [-0.4, -0.2) is 208 Å². The maximum absolute atomic E-state index is 13.2. The van der Waals surface area contributed by atoms with Gasteiger partial charge in [-0.05, 0) is 88.8 Å². The number of pyridine rings is 4. The number of carbonyl (C=O) groups is 4. The fourth-order valence-corrected chi connectivity index (χ4v) is 16.2. The summed E-state index contributed by atoms with van der Waals surface area (Å²) >= 11 is 15.2. The lowest BCUT2D eigenvalue weighted by atomic mass is 10.1. The highest BCUT2D eigenvalue weighted by molar-refractivity contribution is 7.14. The van der Waals surface area contributed by atoms with Crippen LogP contribution >= 0.6 is 45.9 Å². The van der Waals surface area contributed by atoms with Gasteiger partial charge in [-0.3, -0.25) is 47.5 Å². The molecular formula is C82H85Cl2F3N30O10S2. The Morgan fingerprint density at radius 2 is 0.721 bits per heavy atom. The van der Waals surface area contributed by atoms with Crippen LogP contribution in [0.5, 0.6) is 0 Å². The van der Waals surface area contributed by atoms with Gasteiger partial charge in [-0.15, -0.1) is 22.7 Å². The van der Waals surface area contributed by atoms with Gasteiger partial charge in [-0.25, -0.2) is 43.1 Å². The molecule has 6 atom stereocenters. The minimum Gasteiger partial charge on any atom is -0.381 e. The molecule has 129 heavy (non-hydrogen) atoms. The number of thiazole rings is 2. The predicted molar refractivity (Wildman–Crippen MR) is 481 cm³/mol. The van der Waals surface area contributed by atoms with E-state index in [4.69, 9.17) is 32.7 Å². The summed E-state index contributed by atoms with van der Waals surface area (Å²) in [5.74, 6) is 2.14. The third-order valence-corrected chi connectivity index (χ3v) is 23.9. The molecule has 4 aliphatic carbocycles. The number of carbonyl (C=O) groups excluding carboxylic acids is 4. The van der Waals surface area contributed by atoms with Crippen LogP contribution in [0.3, 0.4) is 0 Å². The molecule has 670 valence electrons. The van der Waals surface area contributed by atoms with E-state index in [0.29, 0.717) is 129 Å². The number of aryl methyl sites for hydroxylation is 2. The Balaban J connectivity index is 0.000000121. The van der Waals surface area contributed by atoms with E-state index in [1.54, 1.807) is 96.8 Å². The summed E-state index contributed by atoms with van der Waals surface area (Å²) in [7, 11) is 6.87. The summed E-state index contributed by atoms with van der Waals surface area (Å²) in [5.41, 5.74) is 2.40. The second-order valence-corrected chi connectivity index (χ2v) is 34.3. The van der Waals surface area contributed by atoms with E-state index in [2.05, 4.69) is 114 Å². The zero-order chi connectivity index (χ0) is 90.2. The van der Waals surface area contributed by atoms with Crippen molar-refractivity contribution in [3.8, 4) is 10.3 Å². The second-order valence-electron chi connectivity index (χ2n) is 31.0. The van der Waals surface area contributed by atoms with Gasteiger partial charge in [0, 0.05) is 163 Å². The number of aromatic nitrogens is 18. The van der Waals surface area contributed by atoms with Crippen LogP contribution in [0.15, 0.2) is 142 Å². The zero-order valence-electron chi connectivity index (χ0n) is 69.8. The first-order valence-electron chi connectivity index (χ1n) is 41.1. The van der Waals surface area contributed by atoms with Crippen molar-refractivity contribution < 1.29 is 41.8 Å². The maximum Gasteiger partial charge on any atom is 0.280 e. The van der Waals surface area contributed by atoms with E-state index in [9.17, 15) is 51.5 Å². The van der Waals surface area contributed by atoms with E-state index in [0.717, 1.165) is 48.3 Å². The average Bonchev–Trinajstić information content (AvgIpc) is 1.68. The van der Waals surface area contributed by atoms with Crippen molar-refractivity contribution in [2.75, 3.05) is 97.2 Å². The van der Waals surface area contributed by atoms with Crippen molar-refractivity contribution in [3.63, 3.8) is 0 Å². The molecular weight excluding hydrogens is 1760 g/mol. The van der Waals surface area contributed by atoms with E-state index >= 15 is 0 Å². The number of ether oxygens (including phenoxy) is 2. The van der Waals surface area contributed by atoms with Gasteiger partial charge in [-0.2, -0.15) is 38.5 Å². The number of alkyl halides is 3. The molecule has 20 rings (SSSR count). The van der Waals surface area contributed by atoms with Gasteiger partial charge in [0.25, 0.3) is 45.9 Å². The van der Waals surface area contributed by atoms with Gasteiger partial charge in [0.2, 0.25) is 0 Å². The highest BCUT2D eigenvalue weighted by atomic mass is 35.5. The third-order valence-electron chi connectivity index (χ3n) is 21.7. The molecule has 0 aromatic carbocycles. The lowest BCUT2D eigenvalue weighted by Gasteiger charge is -2.24. The monoisotopic (exact) mass is 1840 g/mol. The molecule has 16 heterocycles. The van der Waals surface area contributed by atoms with Gasteiger partial charge in [0.1, 0.15) is 110 Å². The highest BCUT2D eigenvalue weighted by Gasteiger charge is 2.42. The van der Waals surface area contributed by atoms with E-state index in [1.807, 2.05) is 32.2 Å².